The summed E-state index contributed by atoms with van der Waals surface area (Å²) in [6.45, 7) is 8.26. The lowest BCUT2D eigenvalue weighted by molar-refractivity contribution is -0.128. The fourth-order valence-corrected chi connectivity index (χ4v) is 3.05. The van der Waals surface area contributed by atoms with E-state index in [1.807, 2.05) is 6.92 Å². The summed E-state index contributed by atoms with van der Waals surface area (Å²) in [4.78, 5) is 31.4. The highest BCUT2D eigenvalue weighted by Crippen LogP contribution is 2.19. The van der Waals surface area contributed by atoms with Crippen molar-refractivity contribution in [2.24, 2.45) is 0 Å². The second kappa shape index (κ2) is 8.48. The van der Waals surface area contributed by atoms with E-state index in [1.54, 1.807) is 4.90 Å². The van der Waals surface area contributed by atoms with E-state index in [0.29, 0.717) is 57.2 Å². The van der Waals surface area contributed by atoms with Crippen molar-refractivity contribution in [1.82, 2.24) is 19.9 Å². The third-order valence-electron chi connectivity index (χ3n) is 4.27. The number of carbonyl (C=O) groups is 1. The highest BCUT2D eigenvalue weighted by molar-refractivity contribution is 6.27. The molecule has 0 aliphatic carbocycles. The van der Waals surface area contributed by atoms with Crippen LogP contribution in [0, 0.1) is 0 Å². The van der Waals surface area contributed by atoms with E-state index in [9.17, 15) is 4.79 Å². The van der Waals surface area contributed by atoms with E-state index in [-0.39, 0.29) is 11.8 Å². The van der Waals surface area contributed by atoms with Crippen LogP contribution in [0.25, 0.3) is 0 Å². The zero-order valence-corrected chi connectivity index (χ0v) is 15.2. The average molecular weight is 370 g/mol. The summed E-state index contributed by atoms with van der Waals surface area (Å²) in [5.74, 6) is 1.89. The van der Waals surface area contributed by atoms with Crippen molar-refractivity contribution < 1.29 is 9.53 Å². The number of piperazine rings is 1. The Labute approximate surface area is 152 Å². The lowest BCUT2D eigenvalue weighted by atomic mass is 10.3. The molecule has 138 valence electrons. The monoisotopic (exact) mass is 369 g/mol. The second-order valence-corrected chi connectivity index (χ2v) is 6.16. The number of carbonyl (C=O) groups excluding carboxylic acids is 1. The molecular formula is C15H24ClN7O2. The molecule has 3 rings (SSSR count). The summed E-state index contributed by atoms with van der Waals surface area (Å²) in [6, 6.07) is 0. The molecular weight excluding hydrogens is 346 g/mol. The van der Waals surface area contributed by atoms with Crippen molar-refractivity contribution in [2.75, 3.05) is 80.0 Å². The molecule has 2 fully saturated rings. The van der Waals surface area contributed by atoms with Crippen molar-refractivity contribution in [3.8, 4) is 0 Å². The number of hydrogen-bond donors (Lipinski definition) is 1. The summed E-state index contributed by atoms with van der Waals surface area (Å²) in [5.41, 5.74) is 0. The molecule has 0 aromatic carbocycles. The van der Waals surface area contributed by atoms with Crippen LogP contribution in [0.15, 0.2) is 0 Å². The topological polar surface area (TPSA) is 86.7 Å². The summed E-state index contributed by atoms with van der Waals surface area (Å²) < 4.78 is 5.40. The first kappa shape index (κ1) is 17.9. The molecule has 1 N–H and O–H groups in total. The van der Waals surface area contributed by atoms with E-state index in [2.05, 4.69) is 30.1 Å². The summed E-state index contributed by atoms with van der Waals surface area (Å²) >= 11 is 5.64. The lowest BCUT2D eigenvalue weighted by Gasteiger charge is -2.35. The van der Waals surface area contributed by atoms with Crippen LogP contribution in [-0.2, 0) is 9.53 Å². The van der Waals surface area contributed by atoms with Crippen molar-refractivity contribution >= 4 is 35.4 Å². The molecule has 2 saturated heterocycles. The minimum absolute atomic E-state index is 0.0253. The molecule has 0 bridgehead atoms. The van der Waals surface area contributed by atoms with E-state index >= 15 is 0 Å². The lowest BCUT2D eigenvalue weighted by Crippen LogP contribution is -2.49. The Bertz CT molecular complexity index is 589. The van der Waals surface area contributed by atoms with E-state index < -0.39 is 0 Å². The Morgan fingerprint density at radius 1 is 1.04 bits per heavy atom. The van der Waals surface area contributed by atoms with Gasteiger partial charge in [-0.3, -0.25) is 4.79 Å². The Morgan fingerprint density at radius 2 is 1.64 bits per heavy atom. The van der Waals surface area contributed by atoms with Crippen LogP contribution in [0.1, 0.15) is 6.92 Å². The standard InChI is InChI=1S/C15H24ClN7O2/c1-2-17-13-18-14(20-15(19-13)23-7-9-25-10-8-23)22-5-3-21(4-6-22)12(24)11-16/h2-11H2,1H3,(H,17,18,19,20). The number of rotatable bonds is 5. The fourth-order valence-electron chi connectivity index (χ4n) is 2.88. The number of anilines is 3. The largest absolute Gasteiger partial charge is 0.378 e. The van der Waals surface area contributed by atoms with Crippen LogP contribution in [0.4, 0.5) is 17.8 Å². The average Bonchev–Trinajstić information content (AvgIpc) is 2.68. The zero-order chi connectivity index (χ0) is 17.6. The molecule has 9 nitrogen and oxygen atoms in total. The normalized spacial score (nSPS) is 18.4. The van der Waals surface area contributed by atoms with Crippen LogP contribution in [-0.4, -0.2) is 90.7 Å². The molecule has 0 radical (unpaired) electrons. The number of amides is 1. The van der Waals surface area contributed by atoms with Gasteiger partial charge in [0.1, 0.15) is 5.88 Å². The van der Waals surface area contributed by atoms with E-state index in [4.69, 9.17) is 16.3 Å². The van der Waals surface area contributed by atoms with Gasteiger partial charge in [0.2, 0.25) is 23.8 Å². The van der Waals surface area contributed by atoms with Gasteiger partial charge in [0.25, 0.3) is 0 Å². The zero-order valence-electron chi connectivity index (χ0n) is 14.4. The van der Waals surface area contributed by atoms with Gasteiger partial charge in [-0.05, 0) is 6.92 Å². The molecule has 25 heavy (non-hydrogen) atoms. The number of nitrogens with zero attached hydrogens (tertiary/aromatic N) is 6. The summed E-state index contributed by atoms with van der Waals surface area (Å²) in [7, 11) is 0. The molecule has 2 aliphatic rings. The van der Waals surface area contributed by atoms with Crippen LogP contribution in [0.2, 0.25) is 0 Å². The van der Waals surface area contributed by atoms with Gasteiger partial charge in [-0.2, -0.15) is 15.0 Å². The quantitative estimate of drug-likeness (QED) is 0.727. The number of ether oxygens (including phenoxy) is 1. The van der Waals surface area contributed by atoms with Gasteiger partial charge in [-0.1, -0.05) is 0 Å². The molecule has 2 aliphatic heterocycles. The van der Waals surface area contributed by atoms with Gasteiger partial charge in [0.05, 0.1) is 13.2 Å². The molecule has 1 aromatic rings. The van der Waals surface area contributed by atoms with Gasteiger partial charge in [-0.15, -0.1) is 11.6 Å². The molecule has 0 saturated carbocycles. The van der Waals surface area contributed by atoms with Crippen molar-refractivity contribution in [3.63, 3.8) is 0 Å². The Hall–Kier alpha value is -1.87. The number of hydrogen-bond acceptors (Lipinski definition) is 8. The van der Waals surface area contributed by atoms with Crippen LogP contribution in [0.5, 0.6) is 0 Å². The predicted octanol–water partition coefficient (Wildman–Crippen LogP) is 0.0274. The van der Waals surface area contributed by atoms with Gasteiger partial charge in [0.15, 0.2) is 0 Å². The SMILES string of the molecule is CCNc1nc(N2CCOCC2)nc(N2CCN(C(=O)CCl)CC2)n1. The highest BCUT2D eigenvalue weighted by atomic mass is 35.5. The highest BCUT2D eigenvalue weighted by Gasteiger charge is 2.24. The summed E-state index contributed by atoms with van der Waals surface area (Å²) in [5, 5.41) is 3.17. The number of nitrogens with one attached hydrogen (secondary N) is 1. The van der Waals surface area contributed by atoms with Gasteiger partial charge in [-0.25, -0.2) is 0 Å². The Balaban J connectivity index is 1.76. The summed E-state index contributed by atoms with van der Waals surface area (Å²) in [6.07, 6.45) is 0. The third kappa shape index (κ3) is 4.40. The maximum Gasteiger partial charge on any atom is 0.237 e. The Morgan fingerprint density at radius 3 is 2.20 bits per heavy atom. The van der Waals surface area contributed by atoms with Crippen molar-refractivity contribution in [2.45, 2.75) is 6.92 Å². The Kier molecular flexibility index (Phi) is 6.09. The van der Waals surface area contributed by atoms with E-state index in [1.165, 1.54) is 0 Å². The molecule has 0 atom stereocenters. The minimum atomic E-state index is -0.0284. The number of alkyl halides is 1. The number of morpholine rings is 1. The van der Waals surface area contributed by atoms with E-state index in [0.717, 1.165) is 19.6 Å². The maximum atomic E-state index is 11.7. The van der Waals surface area contributed by atoms with Gasteiger partial charge < -0.3 is 24.8 Å². The maximum absolute atomic E-state index is 11.7. The first-order chi connectivity index (χ1) is 12.2. The van der Waals surface area contributed by atoms with Crippen LogP contribution in [0.3, 0.4) is 0 Å². The molecule has 1 amide bonds. The molecule has 3 heterocycles. The minimum Gasteiger partial charge on any atom is -0.378 e. The fraction of sp³-hybridized carbons (Fsp3) is 0.733. The molecule has 0 spiro atoms. The van der Waals surface area contributed by atoms with Crippen molar-refractivity contribution in [3.05, 3.63) is 0 Å². The first-order valence-corrected chi connectivity index (χ1v) is 9.16. The number of aromatic nitrogens is 3. The second-order valence-electron chi connectivity index (χ2n) is 5.89. The predicted molar refractivity (Wildman–Crippen MR) is 96.5 cm³/mol. The number of halogens is 1. The van der Waals surface area contributed by atoms with Crippen molar-refractivity contribution in [1.29, 1.82) is 0 Å². The van der Waals surface area contributed by atoms with Gasteiger partial charge in [0, 0.05) is 45.8 Å². The van der Waals surface area contributed by atoms with Gasteiger partial charge >= 0.3 is 0 Å². The molecule has 0 unspecified atom stereocenters. The first-order valence-electron chi connectivity index (χ1n) is 8.62. The smallest absolute Gasteiger partial charge is 0.237 e. The molecule has 1 aromatic heterocycles. The molecule has 10 heteroatoms. The third-order valence-corrected chi connectivity index (χ3v) is 4.50. The van der Waals surface area contributed by atoms with Crippen LogP contribution >= 0.6 is 11.6 Å². The van der Waals surface area contributed by atoms with Crippen LogP contribution < -0.4 is 15.1 Å².